The van der Waals surface area contributed by atoms with Crippen molar-refractivity contribution in [2.75, 3.05) is 19.8 Å². The highest BCUT2D eigenvalue weighted by Crippen LogP contribution is 2.30. The SMILES string of the molecule is O=C(O)CN(C(=O)c1ccc(-c2ccccc2Cl)o1)C1CCOCC1. The first-order chi connectivity index (χ1) is 12.1. The van der Waals surface area contributed by atoms with Gasteiger partial charge in [0.1, 0.15) is 12.3 Å². The number of hydrogen-bond acceptors (Lipinski definition) is 4. The van der Waals surface area contributed by atoms with Gasteiger partial charge in [-0.05, 0) is 37.1 Å². The molecule has 0 unspecified atom stereocenters. The second-order valence-corrected chi connectivity index (χ2v) is 6.22. The molecular formula is C18H18ClNO5. The maximum absolute atomic E-state index is 12.8. The van der Waals surface area contributed by atoms with E-state index in [0.29, 0.717) is 42.4 Å². The topological polar surface area (TPSA) is 80.0 Å². The van der Waals surface area contributed by atoms with Crippen molar-refractivity contribution < 1.29 is 23.8 Å². The smallest absolute Gasteiger partial charge is 0.323 e. The number of carbonyl (C=O) groups excluding carboxylic acids is 1. The van der Waals surface area contributed by atoms with E-state index in [1.807, 2.05) is 6.07 Å². The number of hydrogen-bond donors (Lipinski definition) is 1. The third-order valence-electron chi connectivity index (χ3n) is 4.15. The first-order valence-electron chi connectivity index (χ1n) is 8.01. The molecule has 1 N–H and O–H groups in total. The van der Waals surface area contributed by atoms with Crippen LogP contribution in [0.4, 0.5) is 0 Å². The highest BCUT2D eigenvalue weighted by molar-refractivity contribution is 6.33. The quantitative estimate of drug-likeness (QED) is 0.881. The van der Waals surface area contributed by atoms with Crippen LogP contribution in [-0.4, -0.2) is 47.7 Å². The summed E-state index contributed by atoms with van der Waals surface area (Å²) in [7, 11) is 0. The summed E-state index contributed by atoms with van der Waals surface area (Å²) in [6.07, 6.45) is 1.22. The summed E-state index contributed by atoms with van der Waals surface area (Å²) in [5, 5.41) is 9.67. The van der Waals surface area contributed by atoms with Gasteiger partial charge in [0.15, 0.2) is 5.76 Å². The second kappa shape index (κ2) is 7.72. The maximum atomic E-state index is 12.8. The fourth-order valence-electron chi connectivity index (χ4n) is 2.91. The Balaban J connectivity index is 1.84. The van der Waals surface area contributed by atoms with Crippen LogP contribution < -0.4 is 0 Å². The number of carboxylic acid groups (broad SMARTS) is 1. The van der Waals surface area contributed by atoms with E-state index in [4.69, 9.17) is 25.9 Å². The van der Waals surface area contributed by atoms with Gasteiger partial charge < -0.3 is 19.2 Å². The van der Waals surface area contributed by atoms with Crippen LogP contribution in [0.2, 0.25) is 5.02 Å². The van der Waals surface area contributed by atoms with E-state index in [0.717, 1.165) is 0 Å². The van der Waals surface area contributed by atoms with Crippen molar-refractivity contribution in [1.82, 2.24) is 4.90 Å². The molecule has 25 heavy (non-hydrogen) atoms. The zero-order chi connectivity index (χ0) is 17.8. The average molecular weight is 364 g/mol. The molecule has 1 fully saturated rings. The number of nitrogens with zero attached hydrogens (tertiary/aromatic N) is 1. The molecule has 0 atom stereocenters. The van der Waals surface area contributed by atoms with Gasteiger partial charge in [-0.15, -0.1) is 0 Å². The molecule has 1 saturated heterocycles. The third-order valence-corrected chi connectivity index (χ3v) is 4.48. The van der Waals surface area contributed by atoms with E-state index < -0.39 is 11.9 Å². The Kier molecular flexibility index (Phi) is 5.40. The molecule has 1 aromatic heterocycles. The van der Waals surface area contributed by atoms with E-state index in [-0.39, 0.29) is 18.3 Å². The Labute approximate surface area is 149 Å². The highest BCUT2D eigenvalue weighted by Gasteiger charge is 2.30. The summed E-state index contributed by atoms with van der Waals surface area (Å²) in [6.45, 7) is 0.653. The molecule has 132 valence electrons. The molecule has 3 rings (SSSR count). The summed E-state index contributed by atoms with van der Waals surface area (Å²) in [5.74, 6) is -0.927. The third kappa shape index (κ3) is 4.03. The van der Waals surface area contributed by atoms with Crippen LogP contribution in [0.25, 0.3) is 11.3 Å². The normalized spacial score (nSPS) is 15.1. The minimum absolute atomic E-state index is 0.0997. The summed E-state index contributed by atoms with van der Waals surface area (Å²) in [4.78, 5) is 25.3. The lowest BCUT2D eigenvalue weighted by atomic mass is 10.1. The number of halogens is 1. The molecule has 0 aliphatic carbocycles. The molecule has 6 nitrogen and oxygen atoms in total. The first-order valence-corrected chi connectivity index (χ1v) is 8.39. The molecule has 1 amide bonds. The van der Waals surface area contributed by atoms with Gasteiger partial charge in [-0.1, -0.05) is 23.7 Å². The van der Waals surface area contributed by atoms with Gasteiger partial charge >= 0.3 is 5.97 Å². The van der Waals surface area contributed by atoms with Gasteiger partial charge in [0.25, 0.3) is 5.91 Å². The number of carboxylic acids is 1. The minimum atomic E-state index is -1.06. The Bertz CT molecular complexity index is 766. The molecule has 1 aromatic carbocycles. The van der Waals surface area contributed by atoms with Crippen LogP contribution in [0.3, 0.4) is 0 Å². The second-order valence-electron chi connectivity index (χ2n) is 5.81. The lowest BCUT2D eigenvalue weighted by molar-refractivity contribution is -0.138. The van der Waals surface area contributed by atoms with Crippen molar-refractivity contribution in [3.05, 3.63) is 47.2 Å². The van der Waals surface area contributed by atoms with E-state index in [1.54, 1.807) is 30.3 Å². The number of furan rings is 1. The Morgan fingerprint density at radius 1 is 1.16 bits per heavy atom. The predicted molar refractivity (Wildman–Crippen MR) is 91.7 cm³/mol. The number of aliphatic carboxylic acids is 1. The van der Waals surface area contributed by atoms with Gasteiger partial charge in [-0.3, -0.25) is 9.59 Å². The van der Waals surface area contributed by atoms with Crippen LogP contribution in [0, 0.1) is 0 Å². The number of ether oxygens (including phenoxy) is 1. The number of carbonyl (C=O) groups is 2. The van der Waals surface area contributed by atoms with Gasteiger partial charge in [-0.2, -0.15) is 0 Å². The monoisotopic (exact) mass is 363 g/mol. The zero-order valence-electron chi connectivity index (χ0n) is 13.5. The van der Waals surface area contributed by atoms with Crippen molar-refractivity contribution >= 4 is 23.5 Å². The van der Waals surface area contributed by atoms with Crippen LogP contribution in [-0.2, 0) is 9.53 Å². The fraction of sp³-hybridized carbons (Fsp3) is 0.333. The van der Waals surface area contributed by atoms with Crippen LogP contribution in [0.1, 0.15) is 23.4 Å². The highest BCUT2D eigenvalue weighted by atomic mass is 35.5. The van der Waals surface area contributed by atoms with Crippen molar-refractivity contribution in [3.63, 3.8) is 0 Å². The van der Waals surface area contributed by atoms with Gasteiger partial charge in [0.05, 0.1) is 5.02 Å². The molecule has 0 bridgehead atoms. The Morgan fingerprint density at radius 2 is 1.88 bits per heavy atom. The molecule has 1 aliphatic heterocycles. The molecule has 1 aliphatic rings. The largest absolute Gasteiger partial charge is 0.480 e. The van der Waals surface area contributed by atoms with Crippen LogP contribution in [0.5, 0.6) is 0 Å². The van der Waals surface area contributed by atoms with E-state index in [1.165, 1.54) is 4.90 Å². The summed E-state index contributed by atoms with van der Waals surface area (Å²) in [5.41, 5.74) is 0.680. The van der Waals surface area contributed by atoms with Gasteiger partial charge in [0, 0.05) is 24.8 Å². The lowest BCUT2D eigenvalue weighted by Crippen LogP contribution is -2.45. The summed E-state index contributed by atoms with van der Waals surface area (Å²) < 4.78 is 11.0. The maximum Gasteiger partial charge on any atom is 0.323 e. The van der Waals surface area contributed by atoms with Crippen molar-refractivity contribution in [2.24, 2.45) is 0 Å². The summed E-state index contributed by atoms with van der Waals surface area (Å²) >= 11 is 6.15. The van der Waals surface area contributed by atoms with E-state index in [9.17, 15) is 9.59 Å². The fourth-order valence-corrected chi connectivity index (χ4v) is 3.14. The van der Waals surface area contributed by atoms with Crippen LogP contribution >= 0.6 is 11.6 Å². The predicted octanol–water partition coefficient (Wildman–Crippen LogP) is 3.31. The minimum Gasteiger partial charge on any atom is -0.480 e. The molecule has 0 radical (unpaired) electrons. The van der Waals surface area contributed by atoms with Crippen molar-refractivity contribution in [3.8, 4) is 11.3 Å². The Hall–Kier alpha value is -2.31. The molecule has 2 heterocycles. The number of benzene rings is 1. The Morgan fingerprint density at radius 3 is 2.56 bits per heavy atom. The first kappa shape index (κ1) is 17.5. The molecule has 2 aromatic rings. The molecular weight excluding hydrogens is 346 g/mol. The van der Waals surface area contributed by atoms with Crippen molar-refractivity contribution in [2.45, 2.75) is 18.9 Å². The van der Waals surface area contributed by atoms with Gasteiger partial charge in [-0.25, -0.2) is 0 Å². The molecule has 0 saturated carbocycles. The average Bonchev–Trinajstić information content (AvgIpc) is 3.10. The van der Waals surface area contributed by atoms with Gasteiger partial charge in [0.2, 0.25) is 0 Å². The van der Waals surface area contributed by atoms with E-state index >= 15 is 0 Å². The standard InChI is InChI=1S/C18H18ClNO5/c19-14-4-2-1-3-13(14)15-5-6-16(25-15)18(23)20(11-17(21)22)12-7-9-24-10-8-12/h1-6,12H,7-11H2,(H,21,22). The molecule has 0 spiro atoms. The zero-order valence-corrected chi connectivity index (χ0v) is 14.2. The van der Waals surface area contributed by atoms with Crippen molar-refractivity contribution in [1.29, 1.82) is 0 Å². The lowest BCUT2D eigenvalue weighted by Gasteiger charge is -2.32. The van der Waals surface area contributed by atoms with E-state index in [2.05, 4.69) is 0 Å². The summed E-state index contributed by atoms with van der Waals surface area (Å²) in [6, 6.07) is 10.2. The van der Waals surface area contributed by atoms with Crippen LogP contribution in [0.15, 0.2) is 40.8 Å². The number of amides is 1. The number of rotatable bonds is 5. The molecule has 7 heteroatoms.